The summed E-state index contributed by atoms with van der Waals surface area (Å²) in [5.74, 6) is 0.492. The number of nitrogens with zero attached hydrogens (tertiary/aromatic N) is 2. The lowest BCUT2D eigenvalue weighted by Gasteiger charge is -2.34. The number of hydrogen-bond acceptors (Lipinski definition) is 6. The molecule has 26 heavy (non-hydrogen) atoms. The van der Waals surface area contributed by atoms with E-state index in [0.717, 1.165) is 25.7 Å². The van der Waals surface area contributed by atoms with Crippen LogP contribution in [0.5, 0.6) is 0 Å². The molecule has 140 valence electrons. The van der Waals surface area contributed by atoms with Gasteiger partial charge in [-0.3, -0.25) is 14.9 Å². The van der Waals surface area contributed by atoms with Crippen LogP contribution in [0.2, 0.25) is 0 Å². The summed E-state index contributed by atoms with van der Waals surface area (Å²) >= 11 is 0. The summed E-state index contributed by atoms with van der Waals surface area (Å²) in [6.07, 6.45) is 5.17. The number of benzene rings is 1. The number of anilines is 1. The van der Waals surface area contributed by atoms with Gasteiger partial charge < -0.3 is 15.0 Å². The molecular weight excluding hydrogens is 336 g/mol. The molecule has 2 unspecified atom stereocenters. The Hall–Kier alpha value is -2.48. The average molecular weight is 360 g/mol. The molecule has 0 amide bonds. The van der Waals surface area contributed by atoms with Gasteiger partial charge in [0.05, 0.1) is 28.3 Å². The monoisotopic (exact) mass is 360 g/mol. The molecule has 0 radical (unpaired) electrons. The van der Waals surface area contributed by atoms with Crippen molar-refractivity contribution in [3.8, 4) is 0 Å². The largest absolute Gasteiger partial charge is 0.378 e. The number of ether oxygens (including phenoxy) is 1. The van der Waals surface area contributed by atoms with Crippen LogP contribution in [-0.4, -0.2) is 33.6 Å². The smallest absolute Gasteiger partial charge is 0.293 e. The molecule has 1 aromatic carbocycles. The Kier molecular flexibility index (Phi) is 5.51. The Balaban J connectivity index is 1.89. The number of H-pyrrole nitrogens is 1. The predicted octanol–water partition coefficient (Wildman–Crippen LogP) is 3.23. The Bertz CT molecular complexity index is 847. The minimum Gasteiger partial charge on any atom is -0.378 e. The number of nitrogens with one attached hydrogen (secondary N) is 2. The van der Waals surface area contributed by atoms with Gasteiger partial charge in [0.2, 0.25) is 0 Å². The summed E-state index contributed by atoms with van der Waals surface area (Å²) in [6.45, 7) is 4.95. The predicted molar refractivity (Wildman–Crippen MR) is 99.5 cm³/mol. The van der Waals surface area contributed by atoms with Crippen LogP contribution in [0.25, 0.3) is 10.9 Å². The highest BCUT2D eigenvalue weighted by Crippen LogP contribution is 2.32. The van der Waals surface area contributed by atoms with E-state index in [4.69, 9.17) is 4.74 Å². The maximum Gasteiger partial charge on any atom is 0.293 e. The van der Waals surface area contributed by atoms with Gasteiger partial charge in [0.25, 0.3) is 11.2 Å². The fraction of sp³-hybridized carbons (Fsp3) is 0.556. The molecule has 8 heteroatoms. The highest BCUT2D eigenvalue weighted by molar-refractivity contribution is 5.86. The van der Waals surface area contributed by atoms with Crippen LogP contribution in [0, 0.1) is 16.0 Å². The Morgan fingerprint density at radius 3 is 2.88 bits per heavy atom. The maximum absolute atomic E-state index is 11.9. The van der Waals surface area contributed by atoms with E-state index in [0.29, 0.717) is 23.7 Å². The van der Waals surface area contributed by atoms with Crippen LogP contribution in [0.4, 0.5) is 11.4 Å². The minimum atomic E-state index is -0.466. The molecule has 0 spiro atoms. The number of aromatic amines is 1. The fourth-order valence-corrected chi connectivity index (χ4v) is 3.69. The van der Waals surface area contributed by atoms with E-state index in [1.807, 2.05) is 0 Å². The van der Waals surface area contributed by atoms with Crippen molar-refractivity contribution in [2.24, 2.45) is 5.92 Å². The number of rotatable bonds is 6. The molecular formula is C18H24N4O4. The molecule has 1 aromatic heterocycles. The standard InChI is InChI=1S/C18H24N4O4/c1-3-11(4-2)17-7-12(5-6-26-17)21-15-9-14-13(8-16(15)22(24)25)18(23)20-10-19-14/h8-12,17,21H,3-7H2,1-2H3,(H,19,20,23). The topological polar surface area (TPSA) is 110 Å². The molecule has 1 aliphatic heterocycles. The van der Waals surface area contributed by atoms with Crippen molar-refractivity contribution in [1.82, 2.24) is 9.97 Å². The number of nitro benzene ring substituents is 1. The molecule has 2 N–H and O–H groups in total. The molecule has 0 saturated carbocycles. The average Bonchev–Trinajstić information content (AvgIpc) is 2.63. The summed E-state index contributed by atoms with van der Waals surface area (Å²) < 4.78 is 5.92. The van der Waals surface area contributed by atoms with Gasteiger partial charge in [-0.2, -0.15) is 0 Å². The fourth-order valence-electron chi connectivity index (χ4n) is 3.69. The summed E-state index contributed by atoms with van der Waals surface area (Å²) in [4.78, 5) is 29.5. The molecule has 0 bridgehead atoms. The highest BCUT2D eigenvalue weighted by atomic mass is 16.6. The molecule has 3 rings (SSSR count). The van der Waals surface area contributed by atoms with Crippen molar-refractivity contribution in [3.05, 3.63) is 38.9 Å². The number of aromatic nitrogens is 2. The van der Waals surface area contributed by atoms with Crippen LogP contribution in [-0.2, 0) is 4.74 Å². The lowest BCUT2D eigenvalue weighted by atomic mass is 9.89. The van der Waals surface area contributed by atoms with Crippen molar-refractivity contribution in [3.63, 3.8) is 0 Å². The van der Waals surface area contributed by atoms with Crippen LogP contribution < -0.4 is 10.9 Å². The third-order valence-corrected chi connectivity index (χ3v) is 5.20. The zero-order chi connectivity index (χ0) is 18.7. The van der Waals surface area contributed by atoms with Gasteiger partial charge in [0, 0.05) is 18.7 Å². The first-order chi connectivity index (χ1) is 12.5. The lowest BCUT2D eigenvalue weighted by molar-refractivity contribution is -0.383. The summed E-state index contributed by atoms with van der Waals surface area (Å²) in [6, 6.07) is 2.97. The zero-order valence-electron chi connectivity index (χ0n) is 15.0. The second kappa shape index (κ2) is 7.82. The quantitative estimate of drug-likeness (QED) is 0.604. The van der Waals surface area contributed by atoms with Crippen molar-refractivity contribution in [1.29, 1.82) is 0 Å². The number of fused-ring (bicyclic) bond motifs is 1. The van der Waals surface area contributed by atoms with Gasteiger partial charge in [0.1, 0.15) is 5.69 Å². The highest BCUT2D eigenvalue weighted by Gasteiger charge is 2.29. The van der Waals surface area contributed by atoms with Gasteiger partial charge in [-0.25, -0.2) is 4.98 Å². The normalized spacial score (nSPS) is 20.4. The van der Waals surface area contributed by atoms with Crippen molar-refractivity contribution < 1.29 is 9.66 Å². The third-order valence-electron chi connectivity index (χ3n) is 5.20. The number of nitro groups is 1. The van der Waals surface area contributed by atoms with E-state index in [2.05, 4.69) is 29.1 Å². The van der Waals surface area contributed by atoms with Gasteiger partial charge in [-0.05, 0) is 24.8 Å². The Morgan fingerprint density at radius 2 is 2.19 bits per heavy atom. The minimum absolute atomic E-state index is 0.0903. The molecule has 8 nitrogen and oxygen atoms in total. The van der Waals surface area contributed by atoms with Crippen LogP contribution in [0.15, 0.2) is 23.3 Å². The van der Waals surface area contributed by atoms with E-state index in [-0.39, 0.29) is 28.8 Å². The van der Waals surface area contributed by atoms with E-state index in [1.165, 1.54) is 12.4 Å². The van der Waals surface area contributed by atoms with E-state index >= 15 is 0 Å². The van der Waals surface area contributed by atoms with Crippen LogP contribution in [0.3, 0.4) is 0 Å². The van der Waals surface area contributed by atoms with Gasteiger partial charge in [-0.1, -0.05) is 26.7 Å². The summed E-state index contributed by atoms with van der Waals surface area (Å²) in [5, 5.41) is 15.0. The Morgan fingerprint density at radius 1 is 1.42 bits per heavy atom. The van der Waals surface area contributed by atoms with Crippen molar-refractivity contribution in [2.75, 3.05) is 11.9 Å². The zero-order valence-corrected chi connectivity index (χ0v) is 15.0. The molecule has 2 heterocycles. The SMILES string of the molecule is CCC(CC)C1CC(Nc2cc3nc[nH]c(=O)c3cc2[N+](=O)[O-])CCO1. The van der Waals surface area contributed by atoms with Crippen LogP contribution >= 0.6 is 0 Å². The van der Waals surface area contributed by atoms with E-state index in [9.17, 15) is 14.9 Å². The third kappa shape index (κ3) is 3.70. The van der Waals surface area contributed by atoms with Crippen LogP contribution in [0.1, 0.15) is 39.5 Å². The lowest BCUT2D eigenvalue weighted by Crippen LogP contribution is -2.38. The van der Waals surface area contributed by atoms with E-state index in [1.54, 1.807) is 6.07 Å². The maximum atomic E-state index is 11.9. The first kappa shape index (κ1) is 18.3. The molecule has 1 fully saturated rings. The number of hydrogen-bond donors (Lipinski definition) is 2. The first-order valence-electron chi connectivity index (χ1n) is 9.07. The first-order valence-corrected chi connectivity index (χ1v) is 9.07. The molecule has 2 atom stereocenters. The van der Waals surface area contributed by atoms with E-state index < -0.39 is 4.92 Å². The van der Waals surface area contributed by atoms with Crippen molar-refractivity contribution in [2.45, 2.75) is 51.7 Å². The van der Waals surface area contributed by atoms with Crippen molar-refractivity contribution >= 4 is 22.3 Å². The van der Waals surface area contributed by atoms with Gasteiger partial charge in [0.15, 0.2) is 0 Å². The second-order valence-corrected chi connectivity index (χ2v) is 6.73. The Labute approximate surface area is 151 Å². The van der Waals surface area contributed by atoms with Gasteiger partial charge in [-0.15, -0.1) is 0 Å². The molecule has 1 saturated heterocycles. The molecule has 2 aromatic rings. The molecule has 0 aliphatic carbocycles. The second-order valence-electron chi connectivity index (χ2n) is 6.73. The summed E-state index contributed by atoms with van der Waals surface area (Å²) in [7, 11) is 0. The van der Waals surface area contributed by atoms with Gasteiger partial charge >= 0.3 is 0 Å². The molecule has 1 aliphatic rings. The summed E-state index contributed by atoms with van der Waals surface area (Å²) in [5.41, 5.74) is 0.340.